The highest BCUT2D eigenvalue weighted by molar-refractivity contribution is 7.92. The van der Waals surface area contributed by atoms with Crippen LogP contribution in [0.4, 0.5) is 5.69 Å². The molecule has 0 unspecified atom stereocenters. The third-order valence-corrected chi connectivity index (χ3v) is 6.85. The minimum Gasteiger partial charge on any atom is -0.351 e. The van der Waals surface area contributed by atoms with Crippen LogP contribution in [0.3, 0.4) is 0 Å². The van der Waals surface area contributed by atoms with Gasteiger partial charge in [-0.1, -0.05) is 12.1 Å². The number of nitrogens with one attached hydrogen (secondary N) is 2. The predicted octanol–water partition coefficient (Wildman–Crippen LogP) is 3.00. The van der Waals surface area contributed by atoms with E-state index in [0.717, 1.165) is 24.0 Å². The Balaban J connectivity index is 1.47. The molecule has 4 bridgehead atoms. The lowest BCUT2D eigenvalue weighted by Gasteiger charge is -2.56. The summed E-state index contributed by atoms with van der Waals surface area (Å²) >= 11 is 0. The van der Waals surface area contributed by atoms with Crippen molar-refractivity contribution in [1.29, 1.82) is 0 Å². The maximum absolute atomic E-state index is 12.7. The molecule has 0 atom stereocenters. The molecule has 0 spiro atoms. The van der Waals surface area contributed by atoms with E-state index in [-0.39, 0.29) is 11.3 Å². The maximum atomic E-state index is 12.7. The summed E-state index contributed by atoms with van der Waals surface area (Å²) in [6, 6.07) is 6.78. The number of benzene rings is 1. The molecule has 0 aliphatic heterocycles. The largest absolute Gasteiger partial charge is 0.351 e. The summed E-state index contributed by atoms with van der Waals surface area (Å²) in [5, 5.41) is 3.11. The molecule has 5 nitrogen and oxygen atoms in total. The van der Waals surface area contributed by atoms with Crippen LogP contribution in [0, 0.1) is 23.2 Å². The summed E-state index contributed by atoms with van der Waals surface area (Å²) in [6.07, 6.45) is 8.96. The number of sulfonamides is 1. The van der Waals surface area contributed by atoms with Gasteiger partial charge in [-0.05, 0) is 73.8 Å². The average Bonchev–Trinajstić information content (AvgIpc) is 2.50. The molecule has 25 heavy (non-hydrogen) atoms. The van der Waals surface area contributed by atoms with E-state index in [1.807, 2.05) is 0 Å². The molecule has 1 aromatic rings. The van der Waals surface area contributed by atoms with Gasteiger partial charge >= 0.3 is 0 Å². The van der Waals surface area contributed by atoms with Crippen molar-refractivity contribution in [2.24, 2.45) is 23.2 Å². The van der Waals surface area contributed by atoms with E-state index >= 15 is 0 Å². The van der Waals surface area contributed by atoms with Crippen LogP contribution in [0.1, 0.15) is 48.9 Å². The highest BCUT2D eigenvalue weighted by Crippen LogP contribution is 2.59. The molecular formula is C19H26N2O3S. The Morgan fingerprint density at radius 1 is 1.08 bits per heavy atom. The first-order valence-corrected chi connectivity index (χ1v) is 11.1. The second kappa shape index (κ2) is 6.01. The molecule has 4 saturated carbocycles. The number of hydrogen-bond donors (Lipinski definition) is 2. The van der Waals surface area contributed by atoms with Gasteiger partial charge in [0.05, 0.1) is 17.5 Å². The monoisotopic (exact) mass is 362 g/mol. The fourth-order valence-electron chi connectivity index (χ4n) is 5.84. The SMILES string of the molecule is CS(=O)(=O)Nc1ccccc1C(=O)NCC12CC3CC(CC(C3)C1)C2. The van der Waals surface area contributed by atoms with E-state index in [9.17, 15) is 13.2 Å². The van der Waals surface area contributed by atoms with E-state index in [4.69, 9.17) is 0 Å². The summed E-state index contributed by atoms with van der Waals surface area (Å²) in [5.74, 6) is 2.36. The van der Waals surface area contributed by atoms with Crippen LogP contribution in [-0.2, 0) is 10.0 Å². The molecule has 0 aromatic heterocycles. The molecule has 136 valence electrons. The van der Waals surface area contributed by atoms with Crippen LogP contribution in [0.2, 0.25) is 0 Å². The number of hydrogen-bond acceptors (Lipinski definition) is 3. The zero-order chi connectivity index (χ0) is 17.7. The Morgan fingerprint density at radius 3 is 2.20 bits per heavy atom. The first kappa shape index (κ1) is 16.9. The van der Waals surface area contributed by atoms with Crippen molar-refractivity contribution in [1.82, 2.24) is 5.32 Å². The smallest absolute Gasteiger partial charge is 0.253 e. The number of amides is 1. The Hall–Kier alpha value is -1.56. The summed E-state index contributed by atoms with van der Waals surface area (Å²) in [7, 11) is -3.41. The standard InChI is InChI=1S/C19H26N2O3S/c1-25(23,24)21-17-5-3-2-4-16(17)18(22)20-12-19-9-13-6-14(10-19)8-15(7-13)11-19/h2-5,13-15,21H,6-12H2,1H3,(H,20,22). The number of rotatable bonds is 5. The highest BCUT2D eigenvalue weighted by Gasteiger charge is 2.50. The lowest BCUT2D eigenvalue weighted by Crippen LogP contribution is -2.51. The van der Waals surface area contributed by atoms with Gasteiger partial charge in [0, 0.05) is 6.54 Å². The van der Waals surface area contributed by atoms with Crippen molar-refractivity contribution in [3.8, 4) is 0 Å². The number of carbonyl (C=O) groups is 1. The highest BCUT2D eigenvalue weighted by atomic mass is 32.2. The van der Waals surface area contributed by atoms with Gasteiger partial charge in [0.1, 0.15) is 0 Å². The second-order valence-electron chi connectivity index (χ2n) is 8.52. The van der Waals surface area contributed by atoms with E-state index in [1.165, 1.54) is 38.5 Å². The van der Waals surface area contributed by atoms with Crippen LogP contribution in [0.25, 0.3) is 0 Å². The molecule has 2 N–H and O–H groups in total. The van der Waals surface area contributed by atoms with E-state index in [0.29, 0.717) is 17.8 Å². The van der Waals surface area contributed by atoms with Gasteiger partial charge in [-0.3, -0.25) is 9.52 Å². The fraction of sp³-hybridized carbons (Fsp3) is 0.632. The first-order valence-electron chi connectivity index (χ1n) is 9.17. The van der Waals surface area contributed by atoms with E-state index < -0.39 is 10.0 Å². The molecule has 4 aliphatic carbocycles. The van der Waals surface area contributed by atoms with Crippen molar-refractivity contribution in [2.45, 2.75) is 38.5 Å². The molecule has 4 aliphatic rings. The Labute approximate surface area is 149 Å². The van der Waals surface area contributed by atoms with E-state index in [2.05, 4.69) is 10.0 Å². The number of carbonyl (C=O) groups excluding carboxylic acids is 1. The van der Waals surface area contributed by atoms with Crippen molar-refractivity contribution in [2.75, 3.05) is 17.5 Å². The molecule has 1 aromatic carbocycles. The van der Waals surface area contributed by atoms with Gasteiger partial charge < -0.3 is 5.32 Å². The normalized spacial score (nSPS) is 33.2. The molecule has 5 rings (SSSR count). The van der Waals surface area contributed by atoms with Gasteiger partial charge in [-0.15, -0.1) is 0 Å². The van der Waals surface area contributed by atoms with Gasteiger partial charge in [-0.2, -0.15) is 0 Å². The second-order valence-corrected chi connectivity index (χ2v) is 10.3. The van der Waals surface area contributed by atoms with Crippen LogP contribution in [-0.4, -0.2) is 27.1 Å². The maximum Gasteiger partial charge on any atom is 0.253 e. The van der Waals surface area contributed by atoms with Crippen LogP contribution in [0.15, 0.2) is 24.3 Å². The minimum atomic E-state index is -3.41. The van der Waals surface area contributed by atoms with Gasteiger partial charge in [0.15, 0.2) is 0 Å². The third kappa shape index (κ3) is 3.54. The first-order chi connectivity index (χ1) is 11.8. The van der Waals surface area contributed by atoms with E-state index in [1.54, 1.807) is 24.3 Å². The fourth-order valence-corrected chi connectivity index (χ4v) is 6.42. The summed E-state index contributed by atoms with van der Waals surface area (Å²) in [4.78, 5) is 12.7. The van der Waals surface area contributed by atoms with Crippen LogP contribution >= 0.6 is 0 Å². The topological polar surface area (TPSA) is 75.3 Å². The minimum absolute atomic E-state index is 0.192. The Morgan fingerprint density at radius 2 is 1.64 bits per heavy atom. The summed E-state index contributed by atoms with van der Waals surface area (Å²) < 4.78 is 25.5. The molecule has 1 amide bonds. The average molecular weight is 362 g/mol. The number of para-hydroxylation sites is 1. The Bertz CT molecular complexity index is 752. The van der Waals surface area contributed by atoms with Crippen molar-refractivity contribution >= 4 is 21.6 Å². The third-order valence-electron chi connectivity index (χ3n) is 6.26. The van der Waals surface area contributed by atoms with Crippen LogP contribution in [0.5, 0.6) is 0 Å². The quantitative estimate of drug-likeness (QED) is 0.845. The Kier molecular flexibility index (Phi) is 4.06. The predicted molar refractivity (Wildman–Crippen MR) is 97.8 cm³/mol. The molecule has 4 fully saturated rings. The van der Waals surface area contributed by atoms with Crippen molar-refractivity contribution in [3.05, 3.63) is 29.8 Å². The van der Waals surface area contributed by atoms with Gasteiger partial charge in [0.25, 0.3) is 5.91 Å². The van der Waals surface area contributed by atoms with Gasteiger partial charge in [-0.25, -0.2) is 8.42 Å². The summed E-state index contributed by atoms with van der Waals surface area (Å²) in [6.45, 7) is 0.711. The van der Waals surface area contributed by atoms with Gasteiger partial charge in [0.2, 0.25) is 10.0 Å². The zero-order valence-corrected chi connectivity index (χ0v) is 15.4. The zero-order valence-electron chi connectivity index (χ0n) is 14.6. The lowest BCUT2D eigenvalue weighted by molar-refractivity contribution is -0.0503. The van der Waals surface area contributed by atoms with Crippen molar-refractivity contribution in [3.63, 3.8) is 0 Å². The van der Waals surface area contributed by atoms with Crippen LogP contribution < -0.4 is 10.0 Å². The lowest BCUT2D eigenvalue weighted by atomic mass is 9.49. The molecule has 0 saturated heterocycles. The molecule has 0 radical (unpaired) electrons. The number of anilines is 1. The molecular weight excluding hydrogens is 336 g/mol. The summed E-state index contributed by atoms with van der Waals surface area (Å²) in [5.41, 5.74) is 0.995. The molecule has 6 heteroatoms. The van der Waals surface area contributed by atoms with Crippen molar-refractivity contribution < 1.29 is 13.2 Å². The molecule has 0 heterocycles.